The van der Waals surface area contributed by atoms with Crippen molar-refractivity contribution in [3.8, 4) is 5.75 Å². The van der Waals surface area contributed by atoms with E-state index >= 15 is 0 Å². The zero-order chi connectivity index (χ0) is 18.8. The molecule has 0 aliphatic carbocycles. The average Bonchev–Trinajstić information content (AvgIpc) is 2.69. The molecule has 0 aliphatic rings. The Balaban J connectivity index is 1.75. The van der Waals surface area contributed by atoms with Crippen molar-refractivity contribution in [2.45, 2.75) is 11.8 Å². The van der Waals surface area contributed by atoms with E-state index in [2.05, 4.69) is 5.32 Å². The smallest absolute Gasteiger partial charge is 0.339 e. The van der Waals surface area contributed by atoms with Gasteiger partial charge in [0.15, 0.2) is 6.61 Å². The topological polar surface area (TPSA) is 81.7 Å². The van der Waals surface area contributed by atoms with Crippen molar-refractivity contribution in [3.05, 3.63) is 60.2 Å². The highest BCUT2D eigenvalue weighted by Crippen LogP contribution is 2.15. The van der Waals surface area contributed by atoms with E-state index in [9.17, 15) is 13.8 Å². The molecule has 2 rings (SSSR count). The lowest BCUT2D eigenvalue weighted by atomic mass is 10.2. The summed E-state index contributed by atoms with van der Waals surface area (Å²) in [6.45, 7) is 1.96. The van der Waals surface area contributed by atoms with Crippen LogP contribution < -0.4 is 10.1 Å². The van der Waals surface area contributed by atoms with Crippen LogP contribution in [0.5, 0.6) is 5.75 Å². The van der Waals surface area contributed by atoms with Crippen LogP contribution in [-0.4, -0.2) is 41.6 Å². The van der Waals surface area contributed by atoms with Crippen molar-refractivity contribution >= 4 is 22.7 Å². The number of benzene rings is 2. The van der Waals surface area contributed by atoms with Gasteiger partial charge in [-0.05, 0) is 24.3 Å². The molecule has 2 aromatic carbocycles. The minimum atomic E-state index is -1.28. The molecule has 0 radical (unpaired) electrons. The van der Waals surface area contributed by atoms with Gasteiger partial charge in [-0.2, -0.15) is 0 Å². The zero-order valence-electron chi connectivity index (χ0n) is 14.5. The maximum absolute atomic E-state index is 12.1. The number of esters is 1. The molecule has 0 saturated heterocycles. The molecule has 1 amide bonds. The van der Waals surface area contributed by atoms with Crippen molar-refractivity contribution in [2.75, 3.05) is 25.5 Å². The van der Waals surface area contributed by atoms with Gasteiger partial charge < -0.3 is 14.8 Å². The molecule has 0 bridgehead atoms. The van der Waals surface area contributed by atoms with Gasteiger partial charge in [0, 0.05) is 5.75 Å². The quantitative estimate of drug-likeness (QED) is 0.537. The summed E-state index contributed by atoms with van der Waals surface area (Å²) in [5, 5.41) is 2.61. The summed E-state index contributed by atoms with van der Waals surface area (Å²) in [7, 11) is -1.28. The van der Waals surface area contributed by atoms with Gasteiger partial charge >= 0.3 is 5.97 Å². The minimum Gasteiger partial charge on any atom is -0.492 e. The van der Waals surface area contributed by atoms with Crippen molar-refractivity contribution in [1.82, 2.24) is 5.32 Å². The molecule has 6 nitrogen and oxygen atoms in total. The zero-order valence-corrected chi connectivity index (χ0v) is 15.3. The molecular weight excluding hydrogens is 354 g/mol. The molecule has 138 valence electrons. The third-order valence-electron chi connectivity index (χ3n) is 3.38. The molecule has 0 spiro atoms. The van der Waals surface area contributed by atoms with Gasteiger partial charge in [0.1, 0.15) is 12.4 Å². The van der Waals surface area contributed by atoms with E-state index in [1.807, 2.05) is 30.3 Å². The summed E-state index contributed by atoms with van der Waals surface area (Å²) in [6.07, 6.45) is 0. The molecule has 0 fully saturated rings. The Hall–Kier alpha value is -2.67. The molecule has 26 heavy (non-hydrogen) atoms. The average molecular weight is 375 g/mol. The van der Waals surface area contributed by atoms with E-state index in [0.717, 1.165) is 0 Å². The number of carbonyl (C=O) groups is 2. The first kappa shape index (κ1) is 19.7. The monoisotopic (exact) mass is 375 g/mol. The Morgan fingerprint density at radius 3 is 2.46 bits per heavy atom. The maximum Gasteiger partial charge on any atom is 0.339 e. The fourth-order valence-corrected chi connectivity index (χ4v) is 3.06. The molecule has 1 N–H and O–H groups in total. The molecule has 1 unspecified atom stereocenters. The van der Waals surface area contributed by atoms with Crippen LogP contribution in [0.3, 0.4) is 0 Å². The molecular formula is C19H21NO5S. The molecule has 0 heterocycles. The van der Waals surface area contributed by atoms with Crippen molar-refractivity contribution in [3.63, 3.8) is 0 Å². The van der Waals surface area contributed by atoms with Crippen LogP contribution in [0.15, 0.2) is 59.5 Å². The van der Waals surface area contributed by atoms with Gasteiger partial charge in [0.2, 0.25) is 0 Å². The number of hydrogen-bond donors (Lipinski definition) is 1. The first-order valence-corrected chi connectivity index (χ1v) is 9.52. The van der Waals surface area contributed by atoms with E-state index < -0.39 is 29.3 Å². The van der Waals surface area contributed by atoms with E-state index in [-0.39, 0.29) is 5.56 Å². The summed E-state index contributed by atoms with van der Waals surface area (Å²) >= 11 is 0. The predicted molar refractivity (Wildman–Crippen MR) is 98.6 cm³/mol. The van der Waals surface area contributed by atoms with E-state index in [0.29, 0.717) is 29.5 Å². The van der Waals surface area contributed by atoms with E-state index in [1.165, 1.54) is 6.07 Å². The van der Waals surface area contributed by atoms with Crippen molar-refractivity contribution in [1.29, 1.82) is 0 Å². The van der Waals surface area contributed by atoms with Gasteiger partial charge in [-0.1, -0.05) is 37.3 Å². The second-order valence-corrected chi connectivity index (χ2v) is 6.93. The Morgan fingerprint density at radius 2 is 1.73 bits per heavy atom. The lowest BCUT2D eigenvalue weighted by Crippen LogP contribution is -2.32. The fourth-order valence-electron chi connectivity index (χ4n) is 2.13. The van der Waals surface area contributed by atoms with Gasteiger partial charge in [0.05, 0.1) is 27.8 Å². The number of amides is 1. The third-order valence-corrected chi connectivity index (χ3v) is 4.76. The summed E-state index contributed by atoms with van der Waals surface area (Å²) in [5.41, 5.74) is 0.216. The number of nitrogens with one attached hydrogen (secondary N) is 1. The fraction of sp³-hybridized carbons (Fsp3) is 0.263. The van der Waals surface area contributed by atoms with E-state index in [4.69, 9.17) is 9.47 Å². The van der Waals surface area contributed by atoms with Crippen molar-refractivity contribution in [2.24, 2.45) is 0 Å². The summed E-state index contributed by atoms with van der Waals surface area (Å²) in [4.78, 5) is 24.3. The second kappa shape index (κ2) is 10.4. The Labute approximate surface area is 155 Å². The molecule has 0 saturated carbocycles. The summed E-state index contributed by atoms with van der Waals surface area (Å²) in [6, 6.07) is 15.8. The summed E-state index contributed by atoms with van der Waals surface area (Å²) in [5.74, 6) is 0.0162. The van der Waals surface area contributed by atoms with E-state index in [1.54, 1.807) is 25.1 Å². The number of hydrogen-bond acceptors (Lipinski definition) is 5. The lowest BCUT2D eigenvalue weighted by Gasteiger charge is -2.10. The van der Waals surface area contributed by atoms with Gasteiger partial charge in [-0.25, -0.2) is 4.79 Å². The van der Waals surface area contributed by atoms with Crippen LogP contribution in [0.25, 0.3) is 0 Å². The van der Waals surface area contributed by atoms with Gasteiger partial charge in [-0.15, -0.1) is 0 Å². The second-order valence-electron chi connectivity index (χ2n) is 5.22. The van der Waals surface area contributed by atoms with Gasteiger partial charge in [0.25, 0.3) is 5.91 Å². The molecule has 0 aromatic heterocycles. The van der Waals surface area contributed by atoms with Crippen LogP contribution in [-0.2, 0) is 20.3 Å². The van der Waals surface area contributed by atoms with Crippen LogP contribution >= 0.6 is 0 Å². The predicted octanol–water partition coefficient (Wildman–Crippen LogP) is 2.17. The van der Waals surface area contributed by atoms with Gasteiger partial charge in [-0.3, -0.25) is 9.00 Å². The number of rotatable bonds is 9. The van der Waals surface area contributed by atoms with Crippen LogP contribution in [0.2, 0.25) is 0 Å². The lowest BCUT2D eigenvalue weighted by molar-refractivity contribution is -0.124. The van der Waals surface area contributed by atoms with Crippen LogP contribution in [0.4, 0.5) is 0 Å². The minimum absolute atomic E-state index is 0.216. The van der Waals surface area contributed by atoms with Crippen molar-refractivity contribution < 1.29 is 23.3 Å². The third kappa shape index (κ3) is 6.00. The standard InChI is InChI=1S/C19H21NO5S/c1-2-26(23)17-11-7-6-10-16(17)19(22)25-14-18(21)20-12-13-24-15-8-4-3-5-9-15/h3-11H,2,12-14H2,1H3,(H,20,21). The molecule has 2 aromatic rings. The highest BCUT2D eigenvalue weighted by Gasteiger charge is 2.16. The highest BCUT2D eigenvalue weighted by molar-refractivity contribution is 7.85. The number of ether oxygens (including phenoxy) is 2. The normalized spacial score (nSPS) is 11.4. The molecule has 0 aliphatic heterocycles. The maximum atomic E-state index is 12.1. The number of para-hydroxylation sites is 1. The largest absolute Gasteiger partial charge is 0.492 e. The SMILES string of the molecule is CCS(=O)c1ccccc1C(=O)OCC(=O)NCCOc1ccccc1. The first-order chi connectivity index (χ1) is 12.6. The first-order valence-electron chi connectivity index (χ1n) is 8.21. The Bertz CT molecular complexity index is 764. The highest BCUT2D eigenvalue weighted by atomic mass is 32.2. The molecule has 1 atom stereocenters. The Kier molecular flexibility index (Phi) is 7.82. The van der Waals surface area contributed by atoms with Crippen LogP contribution in [0, 0.1) is 0 Å². The summed E-state index contributed by atoms with van der Waals surface area (Å²) < 4.78 is 22.4. The molecule has 7 heteroatoms. The Morgan fingerprint density at radius 1 is 1.04 bits per heavy atom. The van der Waals surface area contributed by atoms with Crippen LogP contribution in [0.1, 0.15) is 17.3 Å². The number of carbonyl (C=O) groups excluding carboxylic acids is 2.